The fraction of sp³-hybridized carbons (Fsp3) is 0.348. The highest BCUT2D eigenvalue weighted by molar-refractivity contribution is 7.14. The SMILES string of the molecule is Cc1nn(CC(C)C)c(C)c1CC(=O)Nc1nc(-c2c(C)[nH]c3ccccc23)cs1. The second-order valence-corrected chi connectivity index (χ2v) is 9.02. The number of H-pyrrole nitrogens is 1. The van der Waals surface area contributed by atoms with Crippen molar-refractivity contribution >= 4 is 33.3 Å². The molecule has 6 nitrogen and oxygen atoms in total. The quantitative estimate of drug-likeness (QED) is 0.446. The van der Waals surface area contributed by atoms with Gasteiger partial charge in [-0.2, -0.15) is 5.10 Å². The molecular weight excluding hydrogens is 394 g/mol. The zero-order valence-electron chi connectivity index (χ0n) is 18.0. The summed E-state index contributed by atoms with van der Waals surface area (Å²) in [4.78, 5) is 20.8. The van der Waals surface area contributed by atoms with Crippen molar-refractivity contribution in [1.29, 1.82) is 0 Å². The maximum atomic E-state index is 12.7. The molecule has 2 N–H and O–H groups in total. The molecule has 0 fully saturated rings. The number of rotatable bonds is 6. The van der Waals surface area contributed by atoms with Crippen molar-refractivity contribution in [2.45, 2.75) is 47.6 Å². The van der Waals surface area contributed by atoms with Crippen LogP contribution in [0.3, 0.4) is 0 Å². The van der Waals surface area contributed by atoms with Crippen LogP contribution in [0.5, 0.6) is 0 Å². The third kappa shape index (κ3) is 3.89. The number of anilines is 1. The summed E-state index contributed by atoms with van der Waals surface area (Å²) in [5.74, 6) is 0.438. The number of aryl methyl sites for hydroxylation is 2. The highest BCUT2D eigenvalue weighted by atomic mass is 32.1. The molecule has 0 unspecified atom stereocenters. The van der Waals surface area contributed by atoms with Gasteiger partial charge in [-0.15, -0.1) is 11.3 Å². The van der Waals surface area contributed by atoms with Crippen LogP contribution in [0.15, 0.2) is 29.6 Å². The van der Waals surface area contributed by atoms with Crippen LogP contribution in [-0.4, -0.2) is 25.7 Å². The van der Waals surface area contributed by atoms with Gasteiger partial charge >= 0.3 is 0 Å². The predicted molar refractivity (Wildman–Crippen MR) is 123 cm³/mol. The molecule has 1 amide bonds. The van der Waals surface area contributed by atoms with Crippen molar-refractivity contribution in [3.63, 3.8) is 0 Å². The van der Waals surface area contributed by atoms with Gasteiger partial charge in [0.25, 0.3) is 0 Å². The number of para-hydroxylation sites is 1. The Morgan fingerprint density at radius 3 is 2.77 bits per heavy atom. The first-order valence-corrected chi connectivity index (χ1v) is 11.1. The number of hydrogen-bond donors (Lipinski definition) is 2. The number of carbonyl (C=O) groups excluding carboxylic acids is 1. The number of aromatic nitrogens is 4. The molecule has 0 aliphatic carbocycles. The van der Waals surface area contributed by atoms with E-state index in [1.807, 2.05) is 43.0 Å². The van der Waals surface area contributed by atoms with E-state index >= 15 is 0 Å². The van der Waals surface area contributed by atoms with E-state index in [2.05, 4.69) is 46.4 Å². The van der Waals surface area contributed by atoms with E-state index in [0.717, 1.165) is 51.4 Å². The van der Waals surface area contributed by atoms with Crippen LogP contribution in [0.1, 0.15) is 36.5 Å². The van der Waals surface area contributed by atoms with Gasteiger partial charge in [-0.05, 0) is 32.8 Å². The Balaban J connectivity index is 1.51. The minimum Gasteiger partial charge on any atom is -0.358 e. The van der Waals surface area contributed by atoms with Crippen molar-refractivity contribution in [2.24, 2.45) is 5.92 Å². The lowest BCUT2D eigenvalue weighted by Gasteiger charge is -2.08. The van der Waals surface area contributed by atoms with Crippen molar-refractivity contribution in [1.82, 2.24) is 19.7 Å². The molecule has 7 heteroatoms. The van der Waals surface area contributed by atoms with Crippen LogP contribution in [0, 0.1) is 26.7 Å². The maximum absolute atomic E-state index is 12.7. The summed E-state index contributed by atoms with van der Waals surface area (Å²) in [7, 11) is 0. The summed E-state index contributed by atoms with van der Waals surface area (Å²) >= 11 is 1.45. The Hall–Kier alpha value is -2.93. The van der Waals surface area contributed by atoms with E-state index < -0.39 is 0 Å². The highest BCUT2D eigenvalue weighted by Gasteiger charge is 2.18. The summed E-state index contributed by atoms with van der Waals surface area (Å²) < 4.78 is 2.00. The summed E-state index contributed by atoms with van der Waals surface area (Å²) in [6.07, 6.45) is 0.302. The van der Waals surface area contributed by atoms with Crippen LogP contribution in [0.4, 0.5) is 5.13 Å². The fourth-order valence-corrected chi connectivity index (χ4v) is 4.61. The van der Waals surface area contributed by atoms with Gasteiger partial charge in [0.05, 0.1) is 17.8 Å². The minimum absolute atomic E-state index is 0.0677. The lowest BCUT2D eigenvalue weighted by atomic mass is 10.1. The van der Waals surface area contributed by atoms with Gasteiger partial charge in [0.15, 0.2) is 5.13 Å². The van der Waals surface area contributed by atoms with Crippen molar-refractivity contribution in [3.05, 3.63) is 52.3 Å². The first-order chi connectivity index (χ1) is 14.3. The van der Waals surface area contributed by atoms with Crippen molar-refractivity contribution < 1.29 is 4.79 Å². The molecule has 156 valence electrons. The minimum atomic E-state index is -0.0677. The summed E-state index contributed by atoms with van der Waals surface area (Å²) in [6, 6.07) is 8.19. The molecule has 3 aromatic heterocycles. The number of amides is 1. The number of nitrogens with zero attached hydrogens (tertiary/aromatic N) is 3. The number of aromatic amines is 1. The van der Waals surface area contributed by atoms with Gasteiger partial charge in [0.2, 0.25) is 5.91 Å². The zero-order chi connectivity index (χ0) is 21.4. The van der Waals surface area contributed by atoms with Crippen LogP contribution < -0.4 is 5.32 Å². The Morgan fingerprint density at radius 1 is 1.23 bits per heavy atom. The molecule has 0 spiro atoms. The molecule has 0 atom stereocenters. The number of thiazole rings is 1. The third-order valence-electron chi connectivity index (χ3n) is 5.31. The van der Waals surface area contributed by atoms with Crippen LogP contribution >= 0.6 is 11.3 Å². The van der Waals surface area contributed by atoms with E-state index in [0.29, 0.717) is 17.5 Å². The number of nitrogens with one attached hydrogen (secondary N) is 2. The number of carbonyl (C=O) groups is 1. The zero-order valence-corrected chi connectivity index (χ0v) is 18.9. The molecule has 4 aromatic rings. The summed E-state index contributed by atoms with van der Waals surface area (Å²) in [5, 5.41) is 11.3. The average Bonchev–Trinajstić information content (AvgIpc) is 3.33. The van der Waals surface area contributed by atoms with Gasteiger partial charge < -0.3 is 10.3 Å². The molecular formula is C23H27N5OS. The van der Waals surface area contributed by atoms with Crippen molar-refractivity contribution in [2.75, 3.05) is 5.32 Å². The molecule has 0 saturated carbocycles. The lowest BCUT2D eigenvalue weighted by Crippen LogP contribution is -2.15. The van der Waals surface area contributed by atoms with E-state index in [4.69, 9.17) is 0 Å². The first-order valence-electron chi connectivity index (χ1n) is 10.2. The summed E-state index contributed by atoms with van der Waals surface area (Å²) in [6.45, 7) is 11.2. The molecule has 1 aromatic carbocycles. The molecule has 0 bridgehead atoms. The normalized spacial score (nSPS) is 11.5. The van der Waals surface area contributed by atoms with Crippen LogP contribution in [0.25, 0.3) is 22.2 Å². The van der Waals surface area contributed by atoms with Gasteiger partial charge in [-0.3, -0.25) is 9.48 Å². The molecule has 3 heterocycles. The average molecular weight is 422 g/mol. The Labute approximate surface area is 180 Å². The molecule has 0 aliphatic rings. The van der Waals surface area contributed by atoms with Gasteiger partial charge in [-0.1, -0.05) is 32.0 Å². The van der Waals surface area contributed by atoms with Crippen LogP contribution in [-0.2, 0) is 17.8 Å². The maximum Gasteiger partial charge on any atom is 0.230 e. The first kappa shape index (κ1) is 20.3. The molecule has 0 aliphatic heterocycles. The molecule has 0 saturated heterocycles. The number of fused-ring (bicyclic) bond motifs is 1. The second kappa shape index (κ2) is 8.07. The van der Waals surface area contributed by atoms with E-state index in [1.54, 1.807) is 0 Å². The lowest BCUT2D eigenvalue weighted by molar-refractivity contribution is -0.115. The van der Waals surface area contributed by atoms with E-state index in [9.17, 15) is 4.79 Å². The van der Waals surface area contributed by atoms with Crippen LogP contribution in [0.2, 0.25) is 0 Å². The van der Waals surface area contributed by atoms with Gasteiger partial charge in [0.1, 0.15) is 0 Å². The van der Waals surface area contributed by atoms with E-state index in [-0.39, 0.29) is 5.91 Å². The topological polar surface area (TPSA) is 75.6 Å². The predicted octanol–water partition coefficient (Wildman–Crippen LogP) is 5.25. The standard InChI is InChI=1S/C23H27N5OS/c1-13(2)11-28-16(5)18(14(3)27-28)10-21(29)26-23-25-20(12-30-23)22-15(4)24-19-9-7-6-8-17(19)22/h6-9,12-13,24H,10-11H2,1-5H3,(H,25,26,29). The molecule has 0 radical (unpaired) electrons. The van der Waals surface area contributed by atoms with Crippen molar-refractivity contribution in [3.8, 4) is 11.3 Å². The number of hydrogen-bond acceptors (Lipinski definition) is 4. The Bertz CT molecular complexity index is 1210. The summed E-state index contributed by atoms with van der Waals surface area (Å²) in [5.41, 5.74) is 7.10. The molecule has 4 rings (SSSR count). The smallest absolute Gasteiger partial charge is 0.230 e. The monoisotopic (exact) mass is 421 g/mol. The van der Waals surface area contributed by atoms with Gasteiger partial charge in [0, 0.05) is 45.3 Å². The highest BCUT2D eigenvalue weighted by Crippen LogP contribution is 2.33. The molecule has 30 heavy (non-hydrogen) atoms. The number of benzene rings is 1. The third-order valence-corrected chi connectivity index (χ3v) is 6.06. The Morgan fingerprint density at radius 2 is 2.00 bits per heavy atom. The van der Waals surface area contributed by atoms with Gasteiger partial charge in [-0.25, -0.2) is 4.98 Å². The van der Waals surface area contributed by atoms with E-state index in [1.165, 1.54) is 11.3 Å². The fourth-order valence-electron chi connectivity index (χ4n) is 3.89. The Kier molecular flexibility index (Phi) is 5.47. The second-order valence-electron chi connectivity index (χ2n) is 8.16. The largest absolute Gasteiger partial charge is 0.358 e.